The Kier molecular flexibility index (Phi) is 9.97. The standard InChI is InChI=1S/C25H42N4O/c1-3-30-24-13-19-29(20-14-24)25(26-2)27-15-7-8-16-28-17-11-23(12-18-28)21-22-9-5-4-6-10-22/h4-6,9-10,23-24H,3,7-8,11-21H2,1-2H3,(H,26,27). The second-order valence-electron chi connectivity index (χ2n) is 8.80. The first kappa shape index (κ1) is 23.1. The lowest BCUT2D eigenvalue weighted by molar-refractivity contribution is 0.0264. The van der Waals surface area contributed by atoms with Crippen molar-refractivity contribution in [2.24, 2.45) is 10.9 Å². The molecule has 0 atom stereocenters. The first-order valence-electron chi connectivity index (χ1n) is 12.1. The number of hydrogen-bond acceptors (Lipinski definition) is 3. The monoisotopic (exact) mass is 414 g/mol. The first-order chi connectivity index (χ1) is 14.8. The Balaban J connectivity index is 1.24. The van der Waals surface area contributed by atoms with E-state index in [1.54, 1.807) is 0 Å². The number of rotatable bonds is 9. The molecule has 0 aromatic heterocycles. The summed E-state index contributed by atoms with van der Waals surface area (Å²) in [6.07, 6.45) is 9.05. The van der Waals surface area contributed by atoms with Crippen LogP contribution < -0.4 is 5.32 Å². The van der Waals surface area contributed by atoms with Gasteiger partial charge in [0.2, 0.25) is 0 Å². The molecule has 0 spiro atoms. The molecule has 0 amide bonds. The van der Waals surface area contributed by atoms with E-state index in [1.807, 2.05) is 7.05 Å². The van der Waals surface area contributed by atoms with E-state index in [4.69, 9.17) is 4.74 Å². The van der Waals surface area contributed by atoms with Crippen LogP contribution >= 0.6 is 0 Å². The third kappa shape index (κ3) is 7.59. The van der Waals surface area contributed by atoms with Crippen molar-refractivity contribution in [3.63, 3.8) is 0 Å². The summed E-state index contributed by atoms with van der Waals surface area (Å²) in [6, 6.07) is 11.0. The topological polar surface area (TPSA) is 40.1 Å². The normalized spacial score (nSPS) is 19.9. The highest BCUT2D eigenvalue weighted by Gasteiger charge is 2.21. The van der Waals surface area contributed by atoms with Gasteiger partial charge in [0.15, 0.2) is 5.96 Å². The summed E-state index contributed by atoms with van der Waals surface area (Å²) in [4.78, 5) is 9.54. The zero-order valence-electron chi connectivity index (χ0n) is 19.2. The highest BCUT2D eigenvalue weighted by atomic mass is 16.5. The Bertz CT molecular complexity index is 605. The minimum Gasteiger partial charge on any atom is -0.378 e. The van der Waals surface area contributed by atoms with Gasteiger partial charge in [0.05, 0.1) is 6.10 Å². The van der Waals surface area contributed by atoms with Gasteiger partial charge in [0.1, 0.15) is 0 Å². The van der Waals surface area contributed by atoms with Crippen LogP contribution in [0.15, 0.2) is 35.3 Å². The van der Waals surface area contributed by atoms with E-state index in [9.17, 15) is 0 Å². The van der Waals surface area contributed by atoms with E-state index < -0.39 is 0 Å². The number of aliphatic imine (C=N–C) groups is 1. The summed E-state index contributed by atoms with van der Waals surface area (Å²) in [5.74, 6) is 1.92. The second-order valence-corrected chi connectivity index (χ2v) is 8.80. The fourth-order valence-electron chi connectivity index (χ4n) is 4.82. The highest BCUT2D eigenvalue weighted by molar-refractivity contribution is 5.79. The molecule has 3 rings (SSSR count). The van der Waals surface area contributed by atoms with Crippen LogP contribution in [0.2, 0.25) is 0 Å². The number of nitrogens with one attached hydrogen (secondary N) is 1. The van der Waals surface area contributed by atoms with Gasteiger partial charge in [-0.1, -0.05) is 30.3 Å². The SMILES string of the molecule is CCOC1CCN(C(=NC)NCCCCN2CCC(Cc3ccccc3)CC2)CC1. The smallest absolute Gasteiger partial charge is 0.193 e. The summed E-state index contributed by atoms with van der Waals surface area (Å²) in [5.41, 5.74) is 1.50. The van der Waals surface area contributed by atoms with Crippen LogP contribution in [0.1, 0.15) is 51.0 Å². The van der Waals surface area contributed by atoms with Gasteiger partial charge >= 0.3 is 0 Å². The predicted octanol–water partition coefficient (Wildman–Crippen LogP) is 3.80. The van der Waals surface area contributed by atoms with Crippen LogP contribution in [0, 0.1) is 5.92 Å². The molecule has 2 heterocycles. The van der Waals surface area contributed by atoms with Gasteiger partial charge in [-0.3, -0.25) is 4.99 Å². The lowest BCUT2D eigenvalue weighted by atomic mass is 9.90. The summed E-state index contributed by atoms with van der Waals surface area (Å²) in [7, 11) is 1.90. The van der Waals surface area contributed by atoms with Gasteiger partial charge in [-0.25, -0.2) is 0 Å². The van der Waals surface area contributed by atoms with Crippen LogP contribution in [-0.4, -0.2) is 74.8 Å². The van der Waals surface area contributed by atoms with Crippen LogP contribution in [0.3, 0.4) is 0 Å². The minimum absolute atomic E-state index is 0.432. The molecule has 30 heavy (non-hydrogen) atoms. The maximum atomic E-state index is 5.76. The average molecular weight is 415 g/mol. The van der Waals surface area contributed by atoms with Crippen molar-refractivity contribution < 1.29 is 4.74 Å². The number of guanidine groups is 1. The molecule has 0 saturated carbocycles. The number of hydrogen-bond donors (Lipinski definition) is 1. The number of benzene rings is 1. The lowest BCUT2D eigenvalue weighted by Crippen LogP contribution is -2.47. The first-order valence-corrected chi connectivity index (χ1v) is 12.1. The maximum Gasteiger partial charge on any atom is 0.193 e. The van der Waals surface area contributed by atoms with E-state index in [-0.39, 0.29) is 0 Å². The molecule has 0 aliphatic carbocycles. The van der Waals surface area contributed by atoms with Crippen molar-refractivity contribution in [2.45, 2.75) is 58.0 Å². The Hall–Kier alpha value is -1.59. The molecule has 2 saturated heterocycles. The molecule has 168 valence electrons. The van der Waals surface area contributed by atoms with Gasteiger partial charge in [-0.15, -0.1) is 0 Å². The summed E-state index contributed by atoms with van der Waals surface area (Å²) in [6.45, 7) is 9.77. The fraction of sp³-hybridized carbons (Fsp3) is 0.720. The molecule has 1 aromatic carbocycles. The number of unbranched alkanes of at least 4 members (excludes halogenated alkanes) is 1. The largest absolute Gasteiger partial charge is 0.378 e. The molecular formula is C25H42N4O. The van der Waals surface area contributed by atoms with Crippen LogP contribution in [0.5, 0.6) is 0 Å². The third-order valence-electron chi connectivity index (χ3n) is 6.61. The molecule has 1 aromatic rings. The molecule has 2 aliphatic rings. The average Bonchev–Trinajstić information content (AvgIpc) is 2.79. The maximum absolute atomic E-state index is 5.76. The van der Waals surface area contributed by atoms with Crippen molar-refractivity contribution in [2.75, 3.05) is 52.9 Å². The Morgan fingerprint density at radius 3 is 2.43 bits per heavy atom. The second kappa shape index (κ2) is 13.0. The minimum atomic E-state index is 0.432. The van der Waals surface area contributed by atoms with Gasteiger partial charge in [0, 0.05) is 33.3 Å². The fourth-order valence-corrected chi connectivity index (χ4v) is 4.82. The van der Waals surface area contributed by atoms with Gasteiger partial charge in [0.25, 0.3) is 0 Å². The quantitative estimate of drug-likeness (QED) is 0.379. The zero-order valence-corrected chi connectivity index (χ0v) is 19.2. The van der Waals surface area contributed by atoms with Crippen molar-refractivity contribution in [1.82, 2.24) is 15.1 Å². The molecule has 1 N–H and O–H groups in total. The van der Waals surface area contributed by atoms with Gasteiger partial charge in [-0.2, -0.15) is 0 Å². The summed E-state index contributed by atoms with van der Waals surface area (Å²) in [5, 5.41) is 3.57. The number of piperidine rings is 2. The van der Waals surface area contributed by atoms with Crippen molar-refractivity contribution in [3.8, 4) is 0 Å². The molecule has 5 heteroatoms. The molecule has 2 fully saturated rings. The number of likely N-dealkylation sites (tertiary alicyclic amines) is 2. The third-order valence-corrected chi connectivity index (χ3v) is 6.61. The van der Waals surface area contributed by atoms with Gasteiger partial charge < -0.3 is 19.9 Å². The van der Waals surface area contributed by atoms with E-state index in [0.29, 0.717) is 6.10 Å². The molecular weight excluding hydrogens is 372 g/mol. The molecule has 0 radical (unpaired) electrons. The highest BCUT2D eigenvalue weighted by Crippen LogP contribution is 2.21. The molecule has 5 nitrogen and oxygen atoms in total. The lowest BCUT2D eigenvalue weighted by Gasteiger charge is -2.34. The van der Waals surface area contributed by atoms with Crippen molar-refractivity contribution in [1.29, 1.82) is 0 Å². The predicted molar refractivity (Wildman–Crippen MR) is 126 cm³/mol. The van der Waals surface area contributed by atoms with Crippen LogP contribution in [0.25, 0.3) is 0 Å². The van der Waals surface area contributed by atoms with E-state index in [2.05, 4.69) is 57.4 Å². The molecule has 0 unspecified atom stereocenters. The van der Waals surface area contributed by atoms with Crippen molar-refractivity contribution >= 4 is 5.96 Å². The molecule has 0 bridgehead atoms. The number of nitrogens with zero attached hydrogens (tertiary/aromatic N) is 3. The Morgan fingerprint density at radius 1 is 1.03 bits per heavy atom. The van der Waals surface area contributed by atoms with Crippen molar-refractivity contribution in [3.05, 3.63) is 35.9 Å². The van der Waals surface area contributed by atoms with E-state index >= 15 is 0 Å². The molecule has 2 aliphatic heterocycles. The zero-order chi connectivity index (χ0) is 21.0. The van der Waals surface area contributed by atoms with E-state index in [1.165, 1.54) is 57.3 Å². The van der Waals surface area contributed by atoms with Gasteiger partial charge in [-0.05, 0) is 83.0 Å². The number of ether oxygens (including phenoxy) is 1. The summed E-state index contributed by atoms with van der Waals surface area (Å²) >= 11 is 0. The summed E-state index contributed by atoms with van der Waals surface area (Å²) < 4.78 is 5.76. The van der Waals surface area contributed by atoms with Crippen LogP contribution in [0.4, 0.5) is 0 Å². The Morgan fingerprint density at radius 2 is 1.77 bits per heavy atom. The van der Waals surface area contributed by atoms with E-state index in [0.717, 1.165) is 51.0 Å². The van der Waals surface area contributed by atoms with Crippen LogP contribution in [-0.2, 0) is 11.2 Å². The Labute approximate surface area is 183 Å².